The van der Waals surface area contributed by atoms with Crippen LogP contribution in [-0.2, 0) is 6.54 Å². The van der Waals surface area contributed by atoms with Crippen LogP contribution in [0.2, 0.25) is 0 Å². The van der Waals surface area contributed by atoms with Gasteiger partial charge in [-0.05, 0) is 35.5 Å². The third kappa shape index (κ3) is 3.02. The number of hydrogen-bond donors (Lipinski definition) is 1. The van der Waals surface area contributed by atoms with Crippen molar-refractivity contribution in [3.63, 3.8) is 0 Å². The number of rotatable bonds is 4. The maximum Gasteiger partial charge on any atom is 0.204 e. The van der Waals surface area contributed by atoms with Gasteiger partial charge in [-0.2, -0.15) is 5.21 Å². The number of H-pyrrole nitrogens is 1. The molecule has 1 N–H and O–H groups in total. The molecule has 6 heteroatoms. The zero-order valence-electron chi connectivity index (χ0n) is 13.0. The fourth-order valence-corrected chi connectivity index (χ4v) is 3.69. The Bertz CT molecular complexity index is 717. The number of aromatic amines is 1. The van der Waals surface area contributed by atoms with Crippen molar-refractivity contribution < 1.29 is 0 Å². The lowest BCUT2D eigenvalue weighted by Crippen LogP contribution is -2.22. The summed E-state index contributed by atoms with van der Waals surface area (Å²) in [6.45, 7) is 1.05. The highest BCUT2D eigenvalue weighted by molar-refractivity contribution is 5.54. The number of benzene rings is 1. The molecule has 0 spiro atoms. The number of nitrogens with zero attached hydrogens (tertiary/aromatic N) is 5. The Morgan fingerprint density at radius 3 is 2.74 bits per heavy atom. The first-order valence-electron chi connectivity index (χ1n) is 8.19. The zero-order chi connectivity index (χ0) is 15.5. The molecule has 0 aliphatic heterocycles. The lowest BCUT2D eigenvalue weighted by atomic mass is 9.75. The summed E-state index contributed by atoms with van der Waals surface area (Å²) in [5.41, 5.74) is 2.42. The largest absolute Gasteiger partial charge is 0.337 e. The van der Waals surface area contributed by atoms with Crippen molar-refractivity contribution in [1.82, 2.24) is 30.2 Å². The molecule has 23 heavy (non-hydrogen) atoms. The van der Waals surface area contributed by atoms with Crippen LogP contribution in [0.4, 0.5) is 0 Å². The second-order valence-electron chi connectivity index (χ2n) is 6.27. The Labute approximate surface area is 135 Å². The predicted molar refractivity (Wildman–Crippen MR) is 86.5 cm³/mol. The molecule has 1 fully saturated rings. The van der Waals surface area contributed by atoms with Gasteiger partial charge in [0.2, 0.25) is 5.82 Å². The average molecular weight is 308 g/mol. The van der Waals surface area contributed by atoms with Crippen LogP contribution < -0.4 is 0 Å². The first kappa shape index (κ1) is 14.1. The summed E-state index contributed by atoms with van der Waals surface area (Å²) in [5, 5.41) is 14.2. The van der Waals surface area contributed by atoms with Crippen LogP contribution in [0.1, 0.15) is 37.2 Å². The quantitative estimate of drug-likeness (QED) is 0.804. The molecule has 2 heterocycles. The number of tetrazole rings is 1. The second-order valence-corrected chi connectivity index (χ2v) is 6.27. The van der Waals surface area contributed by atoms with Crippen LogP contribution in [0.25, 0.3) is 11.4 Å². The third-order valence-corrected chi connectivity index (χ3v) is 4.86. The maximum absolute atomic E-state index is 4.17. The lowest BCUT2D eigenvalue weighted by Gasteiger charge is -2.32. The van der Waals surface area contributed by atoms with Crippen molar-refractivity contribution in [2.24, 2.45) is 5.92 Å². The molecule has 118 valence electrons. The standard InChI is InChI=1S/C17H20N6/c1-2-4-16(15(3-1)11-23-10-9-18-12-23)13-5-7-14(8-6-13)17-19-21-22-20-17/h5-10,12,15-16H,1-4,11H2,(H,19,20,21,22). The minimum absolute atomic E-state index is 0.616. The summed E-state index contributed by atoms with van der Waals surface area (Å²) in [6.07, 6.45) is 11.0. The minimum atomic E-state index is 0.616. The van der Waals surface area contributed by atoms with Gasteiger partial charge in [0.25, 0.3) is 0 Å². The highest BCUT2D eigenvalue weighted by Gasteiger charge is 2.26. The summed E-state index contributed by atoms with van der Waals surface area (Å²) in [6, 6.07) is 8.65. The molecule has 0 radical (unpaired) electrons. The van der Waals surface area contributed by atoms with E-state index in [1.54, 1.807) is 0 Å². The summed E-state index contributed by atoms with van der Waals surface area (Å²) in [7, 11) is 0. The van der Waals surface area contributed by atoms with Gasteiger partial charge in [0, 0.05) is 24.5 Å². The van der Waals surface area contributed by atoms with Crippen molar-refractivity contribution in [2.75, 3.05) is 0 Å². The third-order valence-electron chi connectivity index (χ3n) is 4.86. The molecular weight excluding hydrogens is 288 g/mol. The second kappa shape index (κ2) is 6.32. The van der Waals surface area contributed by atoms with E-state index in [2.05, 4.69) is 60.6 Å². The monoisotopic (exact) mass is 308 g/mol. The molecule has 0 saturated heterocycles. The van der Waals surface area contributed by atoms with Crippen LogP contribution in [0, 0.1) is 5.92 Å². The van der Waals surface area contributed by atoms with Crippen molar-refractivity contribution in [3.8, 4) is 11.4 Å². The molecule has 4 rings (SSSR count). The van der Waals surface area contributed by atoms with Crippen molar-refractivity contribution in [2.45, 2.75) is 38.1 Å². The van der Waals surface area contributed by atoms with E-state index < -0.39 is 0 Å². The predicted octanol–water partition coefficient (Wildman–Crippen LogP) is 3.04. The minimum Gasteiger partial charge on any atom is -0.337 e. The van der Waals surface area contributed by atoms with E-state index in [1.165, 1.54) is 31.2 Å². The number of aromatic nitrogens is 6. The highest BCUT2D eigenvalue weighted by Crippen LogP contribution is 2.39. The first-order chi connectivity index (χ1) is 11.4. The van der Waals surface area contributed by atoms with Gasteiger partial charge >= 0.3 is 0 Å². The van der Waals surface area contributed by atoms with Crippen molar-refractivity contribution >= 4 is 0 Å². The van der Waals surface area contributed by atoms with E-state index in [4.69, 9.17) is 0 Å². The van der Waals surface area contributed by atoms with Crippen LogP contribution in [0.5, 0.6) is 0 Å². The molecule has 1 aromatic carbocycles. The van der Waals surface area contributed by atoms with E-state index in [9.17, 15) is 0 Å². The molecule has 6 nitrogen and oxygen atoms in total. The van der Waals surface area contributed by atoms with E-state index >= 15 is 0 Å². The Balaban J connectivity index is 1.54. The summed E-state index contributed by atoms with van der Waals surface area (Å²) < 4.78 is 2.21. The Hall–Kier alpha value is -2.50. The number of hydrogen-bond acceptors (Lipinski definition) is 4. The molecule has 2 unspecified atom stereocenters. The molecule has 1 saturated carbocycles. The van der Waals surface area contributed by atoms with E-state index in [-0.39, 0.29) is 0 Å². The van der Waals surface area contributed by atoms with Crippen LogP contribution in [0.3, 0.4) is 0 Å². The highest BCUT2D eigenvalue weighted by atomic mass is 15.5. The van der Waals surface area contributed by atoms with Gasteiger partial charge in [-0.1, -0.05) is 37.1 Å². The molecule has 2 aromatic heterocycles. The fraction of sp³-hybridized carbons (Fsp3) is 0.412. The maximum atomic E-state index is 4.17. The molecular formula is C17H20N6. The lowest BCUT2D eigenvalue weighted by molar-refractivity contribution is 0.274. The van der Waals surface area contributed by atoms with Crippen LogP contribution in [0.15, 0.2) is 43.0 Å². The smallest absolute Gasteiger partial charge is 0.204 e. The van der Waals surface area contributed by atoms with Gasteiger partial charge in [0.1, 0.15) is 0 Å². The SMILES string of the molecule is c1cn(CC2CCCCC2c2ccc(-c3nn[nH]n3)cc2)cn1. The Morgan fingerprint density at radius 1 is 1.13 bits per heavy atom. The van der Waals surface area contributed by atoms with Gasteiger partial charge in [-0.3, -0.25) is 0 Å². The van der Waals surface area contributed by atoms with E-state index in [0.29, 0.717) is 17.7 Å². The van der Waals surface area contributed by atoms with E-state index in [0.717, 1.165) is 12.1 Å². The molecule has 1 aliphatic carbocycles. The zero-order valence-corrected chi connectivity index (χ0v) is 13.0. The normalized spacial score (nSPS) is 21.4. The molecule has 2 atom stereocenters. The summed E-state index contributed by atoms with van der Waals surface area (Å²) in [4.78, 5) is 4.17. The average Bonchev–Trinajstić information content (AvgIpc) is 3.29. The van der Waals surface area contributed by atoms with Crippen molar-refractivity contribution in [3.05, 3.63) is 48.5 Å². The van der Waals surface area contributed by atoms with Crippen LogP contribution >= 0.6 is 0 Å². The number of nitrogens with one attached hydrogen (secondary N) is 1. The number of imidazole rings is 1. The topological polar surface area (TPSA) is 72.3 Å². The summed E-state index contributed by atoms with van der Waals surface area (Å²) >= 11 is 0. The van der Waals surface area contributed by atoms with Gasteiger partial charge in [0.15, 0.2) is 0 Å². The van der Waals surface area contributed by atoms with Crippen molar-refractivity contribution in [1.29, 1.82) is 0 Å². The summed E-state index contributed by atoms with van der Waals surface area (Å²) in [5.74, 6) is 1.94. The van der Waals surface area contributed by atoms with Gasteiger partial charge in [-0.15, -0.1) is 10.2 Å². The van der Waals surface area contributed by atoms with Crippen LogP contribution in [-0.4, -0.2) is 30.2 Å². The fourth-order valence-electron chi connectivity index (χ4n) is 3.69. The van der Waals surface area contributed by atoms with E-state index in [1.807, 2.05) is 12.5 Å². The molecule has 0 amide bonds. The Morgan fingerprint density at radius 2 is 2.00 bits per heavy atom. The Kier molecular flexibility index (Phi) is 3.88. The molecule has 1 aliphatic rings. The molecule has 0 bridgehead atoms. The van der Waals surface area contributed by atoms with Gasteiger partial charge in [0.05, 0.1) is 6.33 Å². The first-order valence-corrected chi connectivity index (χ1v) is 8.19. The van der Waals surface area contributed by atoms with Gasteiger partial charge in [-0.25, -0.2) is 4.98 Å². The van der Waals surface area contributed by atoms with Gasteiger partial charge < -0.3 is 4.57 Å². The molecule has 3 aromatic rings.